The van der Waals surface area contributed by atoms with E-state index < -0.39 is 11.8 Å². The smallest absolute Gasteiger partial charge is 0.354 e. The summed E-state index contributed by atoms with van der Waals surface area (Å²) in [5.74, 6) is -1.12. The lowest BCUT2D eigenvalue weighted by Crippen LogP contribution is -2.07. The molecule has 0 aliphatic heterocycles. The number of halogens is 2. The molecule has 0 spiro atoms. The minimum absolute atomic E-state index is 0.112. The summed E-state index contributed by atoms with van der Waals surface area (Å²) in [4.78, 5) is 15.1. The number of aromatic carboxylic acids is 1. The van der Waals surface area contributed by atoms with E-state index in [1.807, 2.05) is 0 Å². The largest absolute Gasteiger partial charge is 0.477 e. The fourth-order valence-corrected chi connectivity index (χ4v) is 2.42. The van der Waals surface area contributed by atoms with E-state index in [4.69, 9.17) is 5.11 Å². The van der Waals surface area contributed by atoms with Gasteiger partial charge in [-0.25, -0.2) is 14.2 Å². The zero-order valence-electron chi connectivity index (χ0n) is 11.3. The standard InChI is InChI=1S/C14H10BrFN4O2/c1-17-12-6-11(14(21)22)18-13-5-10(19-20(12)13)8-3-2-7(15)4-9(8)16/h2-6,17H,1H3,(H,21,22). The van der Waals surface area contributed by atoms with E-state index in [0.29, 0.717) is 27.2 Å². The summed E-state index contributed by atoms with van der Waals surface area (Å²) in [7, 11) is 1.64. The third-order valence-corrected chi connectivity index (χ3v) is 3.60. The Hall–Kier alpha value is -2.48. The van der Waals surface area contributed by atoms with Crippen LogP contribution in [0.5, 0.6) is 0 Å². The Morgan fingerprint density at radius 1 is 1.36 bits per heavy atom. The first-order chi connectivity index (χ1) is 10.5. The van der Waals surface area contributed by atoms with E-state index in [-0.39, 0.29) is 5.69 Å². The lowest BCUT2D eigenvalue weighted by molar-refractivity contribution is 0.0690. The second-order valence-corrected chi connectivity index (χ2v) is 5.42. The molecule has 6 nitrogen and oxygen atoms in total. The van der Waals surface area contributed by atoms with Gasteiger partial charge in [0.15, 0.2) is 11.3 Å². The van der Waals surface area contributed by atoms with Crippen LogP contribution < -0.4 is 5.32 Å². The highest BCUT2D eigenvalue weighted by Crippen LogP contribution is 2.26. The Morgan fingerprint density at radius 2 is 2.14 bits per heavy atom. The van der Waals surface area contributed by atoms with Crippen LogP contribution in [-0.2, 0) is 0 Å². The molecule has 0 radical (unpaired) electrons. The summed E-state index contributed by atoms with van der Waals surface area (Å²) in [6.07, 6.45) is 0. The van der Waals surface area contributed by atoms with Crippen molar-refractivity contribution in [3.8, 4) is 11.3 Å². The summed E-state index contributed by atoms with van der Waals surface area (Å²) >= 11 is 3.20. The van der Waals surface area contributed by atoms with Gasteiger partial charge in [-0.05, 0) is 18.2 Å². The van der Waals surface area contributed by atoms with Crippen LogP contribution in [0.1, 0.15) is 10.5 Å². The molecule has 2 N–H and O–H groups in total. The first-order valence-corrected chi connectivity index (χ1v) is 7.06. The molecule has 2 heterocycles. The molecule has 0 fully saturated rings. The number of rotatable bonds is 3. The number of benzene rings is 1. The molecule has 0 atom stereocenters. The minimum Gasteiger partial charge on any atom is -0.477 e. The van der Waals surface area contributed by atoms with Crippen LogP contribution in [0, 0.1) is 5.82 Å². The average molecular weight is 365 g/mol. The third-order valence-electron chi connectivity index (χ3n) is 3.11. The van der Waals surface area contributed by atoms with Crippen molar-refractivity contribution in [2.45, 2.75) is 0 Å². The molecular formula is C14H10BrFN4O2. The Balaban J connectivity index is 2.22. The number of aromatic nitrogens is 3. The average Bonchev–Trinajstić information content (AvgIpc) is 2.89. The zero-order valence-corrected chi connectivity index (χ0v) is 12.9. The summed E-state index contributed by atoms with van der Waals surface area (Å²) in [6, 6.07) is 7.55. The molecule has 0 unspecified atom stereocenters. The quantitative estimate of drug-likeness (QED) is 0.746. The van der Waals surface area contributed by atoms with Crippen LogP contribution in [-0.4, -0.2) is 32.7 Å². The van der Waals surface area contributed by atoms with Crippen molar-refractivity contribution in [2.24, 2.45) is 0 Å². The number of fused-ring (bicyclic) bond motifs is 1. The number of carbonyl (C=O) groups is 1. The van der Waals surface area contributed by atoms with Crippen molar-refractivity contribution in [3.63, 3.8) is 0 Å². The molecule has 8 heteroatoms. The zero-order chi connectivity index (χ0) is 15.9. The highest BCUT2D eigenvalue weighted by Gasteiger charge is 2.15. The molecule has 0 aliphatic carbocycles. The summed E-state index contributed by atoms with van der Waals surface area (Å²) in [5, 5.41) is 16.2. The molecule has 1 aromatic carbocycles. The number of carboxylic acid groups (broad SMARTS) is 1. The lowest BCUT2D eigenvalue weighted by atomic mass is 10.1. The molecule has 0 bridgehead atoms. The van der Waals surface area contributed by atoms with E-state index in [9.17, 15) is 9.18 Å². The lowest BCUT2D eigenvalue weighted by Gasteiger charge is -2.04. The molecule has 2 aromatic heterocycles. The summed E-state index contributed by atoms with van der Waals surface area (Å²) < 4.78 is 16.1. The topological polar surface area (TPSA) is 79.5 Å². The second-order valence-electron chi connectivity index (χ2n) is 4.51. The van der Waals surface area contributed by atoms with Crippen molar-refractivity contribution >= 4 is 33.4 Å². The van der Waals surface area contributed by atoms with Crippen LogP contribution in [0.3, 0.4) is 0 Å². The van der Waals surface area contributed by atoms with E-state index in [1.165, 1.54) is 16.6 Å². The molecule has 0 saturated heterocycles. The molecule has 112 valence electrons. The van der Waals surface area contributed by atoms with Gasteiger partial charge in [-0.15, -0.1) is 0 Å². The monoisotopic (exact) mass is 364 g/mol. The van der Waals surface area contributed by atoms with Crippen molar-refractivity contribution in [3.05, 3.63) is 46.3 Å². The van der Waals surface area contributed by atoms with Gasteiger partial charge in [0.1, 0.15) is 11.6 Å². The van der Waals surface area contributed by atoms with Gasteiger partial charge in [-0.3, -0.25) is 0 Å². The first-order valence-electron chi connectivity index (χ1n) is 6.27. The predicted molar refractivity (Wildman–Crippen MR) is 82.6 cm³/mol. The van der Waals surface area contributed by atoms with Crippen LogP contribution in [0.2, 0.25) is 0 Å². The fourth-order valence-electron chi connectivity index (χ4n) is 2.09. The number of nitrogens with one attached hydrogen (secondary N) is 1. The summed E-state index contributed by atoms with van der Waals surface area (Å²) in [6.45, 7) is 0. The van der Waals surface area contributed by atoms with Gasteiger partial charge in [-0.2, -0.15) is 9.61 Å². The van der Waals surface area contributed by atoms with E-state index in [2.05, 4.69) is 31.3 Å². The van der Waals surface area contributed by atoms with Gasteiger partial charge in [0.05, 0.1) is 5.69 Å². The number of nitrogens with zero attached hydrogens (tertiary/aromatic N) is 3. The first kappa shape index (κ1) is 14.5. The highest BCUT2D eigenvalue weighted by molar-refractivity contribution is 9.10. The predicted octanol–water partition coefficient (Wildman–Crippen LogP) is 3.04. The van der Waals surface area contributed by atoms with Crippen molar-refractivity contribution in [2.75, 3.05) is 12.4 Å². The van der Waals surface area contributed by atoms with Crippen molar-refractivity contribution < 1.29 is 14.3 Å². The molecule has 22 heavy (non-hydrogen) atoms. The minimum atomic E-state index is -1.14. The molecule has 3 rings (SSSR count). The maximum absolute atomic E-state index is 14.0. The molecule has 0 saturated carbocycles. The Labute approximate surface area is 132 Å². The van der Waals surface area contributed by atoms with Gasteiger partial charge in [-0.1, -0.05) is 15.9 Å². The van der Waals surface area contributed by atoms with Crippen molar-refractivity contribution in [1.29, 1.82) is 0 Å². The maximum Gasteiger partial charge on any atom is 0.354 e. The molecule has 3 aromatic rings. The maximum atomic E-state index is 14.0. The normalized spacial score (nSPS) is 10.9. The second kappa shape index (κ2) is 5.38. The van der Waals surface area contributed by atoms with Gasteiger partial charge in [0, 0.05) is 29.2 Å². The molecule has 0 amide bonds. The van der Waals surface area contributed by atoms with Crippen LogP contribution in [0.4, 0.5) is 10.2 Å². The summed E-state index contributed by atoms with van der Waals surface area (Å²) in [5.41, 5.74) is 0.894. The van der Waals surface area contributed by atoms with Crippen molar-refractivity contribution in [1.82, 2.24) is 14.6 Å². The van der Waals surface area contributed by atoms with E-state index >= 15 is 0 Å². The number of hydrogen-bond acceptors (Lipinski definition) is 4. The fraction of sp³-hybridized carbons (Fsp3) is 0.0714. The van der Waals surface area contributed by atoms with Gasteiger partial charge in [0.2, 0.25) is 0 Å². The van der Waals surface area contributed by atoms with Gasteiger partial charge >= 0.3 is 5.97 Å². The Kier molecular flexibility index (Phi) is 3.53. The van der Waals surface area contributed by atoms with Crippen LogP contribution in [0.15, 0.2) is 34.8 Å². The number of anilines is 1. The van der Waals surface area contributed by atoms with E-state index in [1.54, 1.807) is 25.2 Å². The molecular weight excluding hydrogens is 355 g/mol. The Bertz CT molecular complexity index is 894. The molecule has 0 aliphatic rings. The van der Waals surface area contributed by atoms with Gasteiger partial charge in [0.25, 0.3) is 0 Å². The van der Waals surface area contributed by atoms with Crippen LogP contribution in [0.25, 0.3) is 16.9 Å². The number of carboxylic acids is 1. The van der Waals surface area contributed by atoms with Crippen LogP contribution >= 0.6 is 15.9 Å². The highest BCUT2D eigenvalue weighted by atomic mass is 79.9. The Morgan fingerprint density at radius 3 is 2.77 bits per heavy atom. The van der Waals surface area contributed by atoms with Gasteiger partial charge < -0.3 is 10.4 Å². The SMILES string of the molecule is CNc1cc(C(=O)O)nc2cc(-c3ccc(Br)cc3F)nn12. The van der Waals surface area contributed by atoms with E-state index in [0.717, 1.165) is 0 Å². The number of hydrogen-bond donors (Lipinski definition) is 2. The third kappa shape index (κ3) is 2.41.